The van der Waals surface area contributed by atoms with Gasteiger partial charge in [-0.05, 0) is 50.5 Å². The first-order valence-electron chi connectivity index (χ1n) is 11.9. The van der Waals surface area contributed by atoms with Crippen LogP contribution in [-0.2, 0) is 4.79 Å². The molecule has 0 bridgehead atoms. The van der Waals surface area contributed by atoms with Gasteiger partial charge in [0, 0.05) is 37.6 Å². The SMILES string of the molecule is C=CC(=O)Nc1cccc(-n2c(=O)cnc3cnc(Nc4ccc(N(C)CCN(C)C)cc4OC)nc32)c1. The number of hydrogen-bond acceptors (Lipinski definition) is 9. The van der Waals surface area contributed by atoms with Gasteiger partial charge in [0.05, 0.1) is 30.9 Å². The molecule has 1 amide bonds. The third-order valence-electron chi connectivity index (χ3n) is 5.81. The Morgan fingerprint density at radius 2 is 1.92 bits per heavy atom. The minimum Gasteiger partial charge on any atom is -0.494 e. The molecule has 2 aromatic heterocycles. The lowest BCUT2D eigenvalue weighted by atomic mass is 10.2. The fourth-order valence-electron chi connectivity index (χ4n) is 3.75. The van der Waals surface area contributed by atoms with E-state index in [1.807, 2.05) is 39.3 Å². The molecular formula is C27H30N8O3. The van der Waals surface area contributed by atoms with Crippen LogP contribution < -0.4 is 25.8 Å². The first-order chi connectivity index (χ1) is 18.3. The van der Waals surface area contributed by atoms with Crippen LogP contribution in [-0.4, -0.2) is 71.7 Å². The van der Waals surface area contributed by atoms with Gasteiger partial charge in [-0.1, -0.05) is 12.6 Å². The number of benzene rings is 2. The molecule has 0 atom stereocenters. The molecule has 38 heavy (non-hydrogen) atoms. The second-order valence-electron chi connectivity index (χ2n) is 8.81. The number of rotatable bonds is 10. The van der Waals surface area contributed by atoms with Gasteiger partial charge >= 0.3 is 0 Å². The zero-order valence-corrected chi connectivity index (χ0v) is 21.8. The summed E-state index contributed by atoms with van der Waals surface area (Å²) in [4.78, 5) is 42.1. The van der Waals surface area contributed by atoms with Gasteiger partial charge in [-0.25, -0.2) is 9.97 Å². The Hall–Kier alpha value is -4.77. The zero-order valence-electron chi connectivity index (χ0n) is 21.8. The van der Waals surface area contributed by atoms with Crippen molar-refractivity contribution in [3.05, 3.63) is 77.9 Å². The van der Waals surface area contributed by atoms with E-state index in [0.717, 1.165) is 18.8 Å². The van der Waals surface area contributed by atoms with Gasteiger partial charge in [0.25, 0.3) is 5.56 Å². The van der Waals surface area contributed by atoms with Crippen molar-refractivity contribution in [2.45, 2.75) is 0 Å². The highest BCUT2D eigenvalue weighted by atomic mass is 16.5. The second-order valence-corrected chi connectivity index (χ2v) is 8.81. The topological polar surface area (TPSA) is 118 Å². The van der Waals surface area contributed by atoms with Crippen molar-refractivity contribution < 1.29 is 9.53 Å². The van der Waals surface area contributed by atoms with Crippen molar-refractivity contribution in [2.24, 2.45) is 0 Å². The molecule has 0 unspecified atom stereocenters. The molecule has 4 aromatic rings. The summed E-state index contributed by atoms with van der Waals surface area (Å²) in [6.07, 6.45) is 3.93. The van der Waals surface area contributed by atoms with E-state index >= 15 is 0 Å². The van der Waals surface area contributed by atoms with Crippen LogP contribution in [0.4, 0.5) is 23.0 Å². The number of methoxy groups -OCH3 is 1. The van der Waals surface area contributed by atoms with Crippen LogP contribution in [0.2, 0.25) is 0 Å². The van der Waals surface area contributed by atoms with Crippen LogP contribution in [0.3, 0.4) is 0 Å². The van der Waals surface area contributed by atoms with Crippen LogP contribution >= 0.6 is 0 Å². The standard InChI is InChI=1S/C27H30N8O3/c1-6-24(36)30-18-8-7-9-20(14-18)35-25(37)17-28-22-16-29-27(32-26(22)35)31-21-11-10-19(15-23(21)38-5)34(4)13-12-33(2)3/h6-11,14-17H,1,12-13H2,2-5H3,(H,30,36)(H,29,31,32). The first-order valence-corrected chi connectivity index (χ1v) is 11.9. The first kappa shape index (κ1) is 26.3. The van der Waals surface area contributed by atoms with Gasteiger partial charge in [-0.3, -0.25) is 14.2 Å². The summed E-state index contributed by atoms with van der Waals surface area (Å²) in [6.45, 7) is 5.24. The Balaban J connectivity index is 1.68. The van der Waals surface area contributed by atoms with Crippen LogP contribution in [0, 0.1) is 0 Å². The summed E-state index contributed by atoms with van der Waals surface area (Å²) in [5.74, 6) is 0.533. The molecule has 0 saturated carbocycles. The van der Waals surface area contributed by atoms with Gasteiger partial charge < -0.3 is 25.2 Å². The minimum atomic E-state index is -0.378. The summed E-state index contributed by atoms with van der Waals surface area (Å²) in [5.41, 5.74) is 3.06. The molecule has 0 fully saturated rings. The Labute approximate surface area is 220 Å². The lowest BCUT2D eigenvalue weighted by Crippen LogP contribution is -2.28. The number of nitrogens with zero attached hydrogens (tertiary/aromatic N) is 6. The average molecular weight is 515 g/mol. The highest BCUT2D eigenvalue weighted by Gasteiger charge is 2.13. The summed E-state index contributed by atoms with van der Waals surface area (Å²) in [5, 5.41) is 5.89. The smallest absolute Gasteiger partial charge is 0.275 e. The fraction of sp³-hybridized carbons (Fsp3) is 0.222. The molecule has 0 saturated heterocycles. The van der Waals surface area contributed by atoms with E-state index in [1.54, 1.807) is 37.6 Å². The van der Waals surface area contributed by atoms with Crippen LogP contribution in [0.15, 0.2) is 72.3 Å². The maximum Gasteiger partial charge on any atom is 0.275 e. The Morgan fingerprint density at radius 3 is 2.66 bits per heavy atom. The summed E-state index contributed by atoms with van der Waals surface area (Å²) < 4.78 is 7.04. The summed E-state index contributed by atoms with van der Waals surface area (Å²) >= 11 is 0. The van der Waals surface area contributed by atoms with Gasteiger partial charge in [0.15, 0.2) is 5.65 Å². The van der Waals surface area contributed by atoms with E-state index in [0.29, 0.717) is 34.0 Å². The molecule has 4 rings (SSSR count). The number of anilines is 4. The maximum absolute atomic E-state index is 12.9. The van der Waals surface area contributed by atoms with Crippen molar-refractivity contribution in [1.29, 1.82) is 0 Å². The van der Waals surface area contributed by atoms with Gasteiger partial charge in [0.2, 0.25) is 11.9 Å². The third kappa shape index (κ3) is 5.95. The van der Waals surface area contributed by atoms with Crippen molar-refractivity contribution >= 4 is 40.1 Å². The molecule has 2 heterocycles. The zero-order chi connectivity index (χ0) is 27.2. The second kappa shape index (κ2) is 11.5. The van der Waals surface area contributed by atoms with Gasteiger partial charge in [0.1, 0.15) is 11.3 Å². The van der Waals surface area contributed by atoms with Crippen LogP contribution in [0.25, 0.3) is 16.9 Å². The molecule has 2 N–H and O–H groups in total. The number of amides is 1. The highest BCUT2D eigenvalue weighted by molar-refractivity contribution is 5.99. The monoisotopic (exact) mass is 514 g/mol. The molecule has 0 spiro atoms. The van der Waals surface area contributed by atoms with Crippen molar-refractivity contribution in [3.8, 4) is 11.4 Å². The summed E-state index contributed by atoms with van der Waals surface area (Å²) in [7, 11) is 7.71. The maximum atomic E-state index is 12.9. The Bertz CT molecular complexity index is 1530. The van der Waals surface area contributed by atoms with E-state index in [-0.39, 0.29) is 17.4 Å². The van der Waals surface area contributed by atoms with Crippen LogP contribution in [0.1, 0.15) is 0 Å². The largest absolute Gasteiger partial charge is 0.494 e. The predicted molar refractivity (Wildman–Crippen MR) is 150 cm³/mol. The number of aromatic nitrogens is 4. The predicted octanol–water partition coefficient (Wildman–Crippen LogP) is 3.05. The Morgan fingerprint density at radius 1 is 1.11 bits per heavy atom. The molecule has 2 aromatic carbocycles. The average Bonchev–Trinajstić information content (AvgIpc) is 2.91. The number of likely N-dealkylation sites (N-methyl/N-ethyl adjacent to an activating group) is 2. The number of hydrogen-bond donors (Lipinski definition) is 2. The third-order valence-corrected chi connectivity index (χ3v) is 5.81. The number of carbonyl (C=O) groups excluding carboxylic acids is 1. The normalized spacial score (nSPS) is 10.9. The van der Waals surface area contributed by atoms with Crippen molar-refractivity contribution in [1.82, 2.24) is 24.4 Å². The number of ether oxygens (including phenoxy) is 1. The number of nitrogens with one attached hydrogen (secondary N) is 2. The van der Waals surface area contributed by atoms with E-state index < -0.39 is 0 Å². The van der Waals surface area contributed by atoms with Gasteiger partial charge in [-0.15, -0.1) is 0 Å². The van der Waals surface area contributed by atoms with Crippen LogP contribution in [0.5, 0.6) is 5.75 Å². The van der Waals surface area contributed by atoms with Gasteiger partial charge in [-0.2, -0.15) is 4.98 Å². The molecule has 11 heteroatoms. The highest BCUT2D eigenvalue weighted by Crippen LogP contribution is 2.31. The number of fused-ring (bicyclic) bond motifs is 1. The quantitative estimate of drug-likeness (QED) is 0.308. The van der Waals surface area contributed by atoms with Crippen molar-refractivity contribution in [2.75, 3.05) is 56.9 Å². The molecular weight excluding hydrogens is 484 g/mol. The van der Waals surface area contributed by atoms with E-state index in [4.69, 9.17) is 4.74 Å². The minimum absolute atomic E-state index is 0.266. The fourth-order valence-corrected chi connectivity index (χ4v) is 3.75. The summed E-state index contributed by atoms with van der Waals surface area (Å²) in [6, 6.07) is 12.7. The molecule has 0 radical (unpaired) electrons. The molecule has 0 aliphatic carbocycles. The van der Waals surface area contributed by atoms with E-state index in [9.17, 15) is 9.59 Å². The molecule has 196 valence electrons. The van der Waals surface area contributed by atoms with E-state index in [1.165, 1.54) is 16.8 Å². The number of carbonyl (C=O) groups is 1. The van der Waals surface area contributed by atoms with Crippen molar-refractivity contribution in [3.63, 3.8) is 0 Å². The van der Waals surface area contributed by atoms with E-state index in [2.05, 4.69) is 42.0 Å². The Kier molecular flexibility index (Phi) is 7.97. The lowest BCUT2D eigenvalue weighted by molar-refractivity contribution is -0.111. The molecule has 0 aliphatic rings. The molecule has 0 aliphatic heterocycles. The lowest BCUT2D eigenvalue weighted by Gasteiger charge is -2.22. The molecule has 11 nitrogen and oxygen atoms in total.